The Morgan fingerprint density at radius 1 is 0.962 bits per heavy atom. The maximum atomic E-state index is 2.57. The summed E-state index contributed by atoms with van der Waals surface area (Å²) in [5.74, 6) is 1.62. The zero-order valence-electron chi connectivity index (χ0n) is 16.3. The Bertz CT molecular complexity index is 858. The molecule has 0 saturated heterocycles. The highest BCUT2D eigenvalue weighted by Crippen LogP contribution is 2.54. The second-order valence-electron chi connectivity index (χ2n) is 8.84. The fourth-order valence-electron chi connectivity index (χ4n) is 5.72. The van der Waals surface area contributed by atoms with E-state index in [1.807, 2.05) is 0 Å². The van der Waals surface area contributed by atoms with Gasteiger partial charge in [0.1, 0.15) is 0 Å². The van der Waals surface area contributed by atoms with Crippen molar-refractivity contribution < 1.29 is 0 Å². The van der Waals surface area contributed by atoms with Gasteiger partial charge in [0.2, 0.25) is 0 Å². The number of benzene rings is 2. The molecule has 0 radical (unpaired) electrons. The molecule has 0 amide bonds. The monoisotopic (exact) mass is 342 g/mol. The second-order valence-corrected chi connectivity index (χ2v) is 8.84. The van der Waals surface area contributed by atoms with Crippen LogP contribution in [0.1, 0.15) is 92.0 Å². The van der Waals surface area contributed by atoms with Crippen molar-refractivity contribution in [2.45, 2.75) is 77.0 Å². The van der Waals surface area contributed by atoms with Crippen LogP contribution in [0.3, 0.4) is 0 Å². The summed E-state index contributed by atoms with van der Waals surface area (Å²) in [7, 11) is 0. The highest BCUT2D eigenvalue weighted by Gasteiger charge is 2.36. The van der Waals surface area contributed by atoms with E-state index in [4.69, 9.17) is 0 Å². The zero-order valence-corrected chi connectivity index (χ0v) is 16.3. The molecule has 4 aliphatic carbocycles. The molecule has 0 aliphatic heterocycles. The van der Waals surface area contributed by atoms with Gasteiger partial charge in [0, 0.05) is 0 Å². The van der Waals surface area contributed by atoms with E-state index >= 15 is 0 Å². The normalized spacial score (nSPS) is 22.9. The molecule has 1 saturated carbocycles. The van der Waals surface area contributed by atoms with Crippen LogP contribution in [0.2, 0.25) is 0 Å². The maximum absolute atomic E-state index is 2.57. The highest BCUT2D eigenvalue weighted by molar-refractivity contribution is 5.82. The van der Waals surface area contributed by atoms with Gasteiger partial charge in [-0.1, -0.05) is 55.3 Å². The van der Waals surface area contributed by atoms with Crippen molar-refractivity contribution in [3.05, 3.63) is 63.7 Å². The Balaban J connectivity index is 1.65. The average Bonchev–Trinajstić information content (AvgIpc) is 3.05. The summed E-state index contributed by atoms with van der Waals surface area (Å²) < 4.78 is 0. The van der Waals surface area contributed by atoms with Crippen LogP contribution < -0.4 is 0 Å². The molecule has 0 heterocycles. The number of fused-ring (bicyclic) bond motifs is 3. The standard InChI is InChI=1S/C26H30/c1-3-4-5-18-6-8-20(9-7-18)25-23-15-17(2)14-22(23)16-24-19-10-12-21(13-11-19)26(24)25/h6-9,14,16,19,21H,3-5,10-13,15H2,1-2H3. The fraction of sp³-hybridized carbons (Fsp3) is 0.462. The molecule has 0 atom stereocenters. The molecule has 4 aliphatic rings. The summed E-state index contributed by atoms with van der Waals surface area (Å²) in [6, 6.07) is 12.2. The molecule has 1 fully saturated rings. The molecule has 0 nitrogen and oxygen atoms in total. The Morgan fingerprint density at radius 3 is 2.42 bits per heavy atom. The molecule has 134 valence electrons. The third-order valence-corrected chi connectivity index (χ3v) is 7.04. The van der Waals surface area contributed by atoms with Gasteiger partial charge in [0.05, 0.1) is 0 Å². The van der Waals surface area contributed by atoms with E-state index in [1.54, 1.807) is 22.3 Å². The molecule has 0 spiro atoms. The quantitative estimate of drug-likeness (QED) is 0.542. The van der Waals surface area contributed by atoms with Gasteiger partial charge in [-0.25, -0.2) is 0 Å². The highest BCUT2D eigenvalue weighted by atomic mass is 14.4. The first-order valence-corrected chi connectivity index (χ1v) is 10.7. The van der Waals surface area contributed by atoms with E-state index in [9.17, 15) is 0 Å². The fourth-order valence-corrected chi connectivity index (χ4v) is 5.72. The zero-order chi connectivity index (χ0) is 17.7. The number of hydrogen-bond donors (Lipinski definition) is 0. The van der Waals surface area contributed by atoms with Gasteiger partial charge in [-0.15, -0.1) is 0 Å². The largest absolute Gasteiger partial charge is 0.0683 e. The van der Waals surface area contributed by atoms with Gasteiger partial charge >= 0.3 is 0 Å². The Kier molecular flexibility index (Phi) is 4.03. The lowest BCUT2D eigenvalue weighted by atomic mass is 9.64. The summed E-state index contributed by atoms with van der Waals surface area (Å²) in [5, 5.41) is 0. The van der Waals surface area contributed by atoms with Crippen LogP contribution >= 0.6 is 0 Å². The first kappa shape index (κ1) is 16.4. The molecule has 0 aromatic heterocycles. The van der Waals surface area contributed by atoms with Gasteiger partial charge < -0.3 is 0 Å². The van der Waals surface area contributed by atoms with E-state index in [2.05, 4.69) is 50.3 Å². The smallest absolute Gasteiger partial charge is 0.00543 e. The maximum Gasteiger partial charge on any atom is -0.00543 e. The molecule has 0 heteroatoms. The van der Waals surface area contributed by atoms with Crippen molar-refractivity contribution in [2.24, 2.45) is 0 Å². The first-order valence-electron chi connectivity index (χ1n) is 10.7. The topological polar surface area (TPSA) is 0 Å². The molecule has 26 heavy (non-hydrogen) atoms. The molecular weight excluding hydrogens is 312 g/mol. The summed E-state index contributed by atoms with van der Waals surface area (Å²) in [4.78, 5) is 0. The molecule has 2 aromatic carbocycles. The van der Waals surface area contributed by atoms with Crippen LogP contribution in [0.25, 0.3) is 17.2 Å². The molecule has 6 rings (SSSR count). The Labute approximate surface area is 158 Å². The minimum atomic E-state index is 0.802. The minimum absolute atomic E-state index is 0.802. The summed E-state index contributed by atoms with van der Waals surface area (Å²) in [6.45, 7) is 4.57. The minimum Gasteiger partial charge on any atom is -0.0683 e. The van der Waals surface area contributed by atoms with E-state index in [-0.39, 0.29) is 0 Å². The van der Waals surface area contributed by atoms with E-state index < -0.39 is 0 Å². The predicted octanol–water partition coefficient (Wildman–Crippen LogP) is 7.41. The van der Waals surface area contributed by atoms with E-state index in [0.717, 1.165) is 18.3 Å². The lowest BCUT2D eigenvalue weighted by molar-refractivity contribution is 0.359. The van der Waals surface area contributed by atoms with Crippen molar-refractivity contribution in [3.63, 3.8) is 0 Å². The number of aryl methyl sites for hydroxylation is 1. The van der Waals surface area contributed by atoms with Crippen LogP contribution in [-0.4, -0.2) is 0 Å². The third-order valence-electron chi connectivity index (χ3n) is 7.04. The first-order chi connectivity index (χ1) is 12.7. The van der Waals surface area contributed by atoms with E-state index in [1.165, 1.54) is 67.2 Å². The van der Waals surface area contributed by atoms with Gasteiger partial charge in [-0.2, -0.15) is 0 Å². The molecule has 2 bridgehead atoms. The summed E-state index contributed by atoms with van der Waals surface area (Å²) in [5.41, 5.74) is 12.6. The van der Waals surface area contributed by atoms with Crippen LogP contribution in [0.5, 0.6) is 0 Å². The number of rotatable bonds is 4. The van der Waals surface area contributed by atoms with Crippen LogP contribution in [-0.2, 0) is 12.8 Å². The summed E-state index contributed by atoms with van der Waals surface area (Å²) in [6.07, 6.45) is 13.0. The van der Waals surface area contributed by atoms with Gasteiger partial charge in [-0.3, -0.25) is 0 Å². The lowest BCUT2D eigenvalue weighted by Gasteiger charge is -2.40. The SMILES string of the molecule is CCCCc1ccc(-c2c3c(cc4c2C2CCC4CC2)C=C(C)C3)cc1. The molecular formula is C26H30. The van der Waals surface area contributed by atoms with Crippen molar-refractivity contribution in [2.75, 3.05) is 0 Å². The van der Waals surface area contributed by atoms with E-state index in [0.29, 0.717) is 0 Å². The molecule has 0 unspecified atom stereocenters. The number of hydrogen-bond acceptors (Lipinski definition) is 0. The van der Waals surface area contributed by atoms with Gasteiger partial charge in [-0.05, 0) is 103 Å². The summed E-state index contributed by atoms with van der Waals surface area (Å²) >= 11 is 0. The van der Waals surface area contributed by atoms with Crippen LogP contribution in [0, 0.1) is 0 Å². The van der Waals surface area contributed by atoms with Crippen molar-refractivity contribution in [3.8, 4) is 11.1 Å². The molecule has 2 aromatic rings. The van der Waals surface area contributed by atoms with Gasteiger partial charge in [0.25, 0.3) is 0 Å². The number of allylic oxidation sites excluding steroid dienone is 1. The van der Waals surface area contributed by atoms with Crippen molar-refractivity contribution >= 4 is 6.08 Å². The molecule has 0 N–H and O–H groups in total. The van der Waals surface area contributed by atoms with Gasteiger partial charge in [0.15, 0.2) is 0 Å². The second kappa shape index (κ2) is 6.41. The Morgan fingerprint density at radius 2 is 1.69 bits per heavy atom. The van der Waals surface area contributed by atoms with Crippen LogP contribution in [0.15, 0.2) is 35.9 Å². The predicted molar refractivity (Wildman–Crippen MR) is 112 cm³/mol. The Hall–Kier alpha value is -1.82. The lowest BCUT2D eigenvalue weighted by Crippen LogP contribution is -2.23. The number of unbranched alkanes of at least 4 members (excludes halogenated alkanes) is 1. The average molecular weight is 343 g/mol. The third kappa shape index (κ3) is 2.57. The van der Waals surface area contributed by atoms with Crippen molar-refractivity contribution in [1.82, 2.24) is 0 Å². The van der Waals surface area contributed by atoms with Crippen molar-refractivity contribution in [1.29, 1.82) is 0 Å². The van der Waals surface area contributed by atoms with Crippen LogP contribution in [0.4, 0.5) is 0 Å².